The normalized spacial score (nSPS) is 19.2. The third kappa shape index (κ3) is 24.0. The van der Waals surface area contributed by atoms with Crippen LogP contribution in [0.4, 0.5) is 5.69 Å². The van der Waals surface area contributed by atoms with Gasteiger partial charge in [-0.2, -0.15) is 0 Å². The van der Waals surface area contributed by atoms with Crippen molar-refractivity contribution in [1.29, 1.82) is 5.41 Å². The Morgan fingerprint density at radius 1 is 0.821 bits per heavy atom. The molecule has 3 aliphatic rings. The topological polar surface area (TPSA) is 88.8 Å². The van der Waals surface area contributed by atoms with Crippen LogP contribution in [-0.4, -0.2) is 95.7 Å². The highest BCUT2D eigenvalue weighted by molar-refractivity contribution is 5.93. The molecule has 0 aromatic carbocycles. The van der Waals surface area contributed by atoms with Crippen molar-refractivity contribution in [1.82, 2.24) is 19.8 Å². The average molecular weight is 779 g/mol. The monoisotopic (exact) mass is 779 g/mol. The van der Waals surface area contributed by atoms with Gasteiger partial charge in [-0.15, -0.1) is 0 Å². The van der Waals surface area contributed by atoms with E-state index in [0.717, 1.165) is 69.5 Å². The van der Waals surface area contributed by atoms with Gasteiger partial charge in [0.15, 0.2) is 0 Å². The second-order valence-electron chi connectivity index (χ2n) is 15.3. The number of allylic oxidation sites excluding steroid dienone is 4. The van der Waals surface area contributed by atoms with Crippen LogP contribution in [0, 0.1) is 37.0 Å². The van der Waals surface area contributed by atoms with Gasteiger partial charge in [0.05, 0.1) is 31.2 Å². The second kappa shape index (κ2) is 33.1. The SMILES string of the molecule is CC.CC.CC(C)/C=C/C=C\C(=N)C(C)C.CCCC.Cc1ccc(C(C)N2CCCC(O)C2)cn1.Cc1ccc(N2CCCC(CN3CCOCC3)C2)cn1. The van der Waals surface area contributed by atoms with Crippen molar-refractivity contribution in [3.8, 4) is 0 Å². The highest BCUT2D eigenvalue weighted by atomic mass is 16.5. The van der Waals surface area contributed by atoms with E-state index in [1.165, 1.54) is 56.6 Å². The van der Waals surface area contributed by atoms with Crippen LogP contribution in [0.2, 0.25) is 0 Å². The van der Waals surface area contributed by atoms with Gasteiger partial charge < -0.3 is 20.2 Å². The van der Waals surface area contributed by atoms with Crippen LogP contribution >= 0.6 is 0 Å². The fourth-order valence-corrected chi connectivity index (χ4v) is 6.15. The van der Waals surface area contributed by atoms with Gasteiger partial charge in [0, 0.05) is 68.6 Å². The molecule has 0 spiro atoms. The molecule has 3 aliphatic heterocycles. The summed E-state index contributed by atoms with van der Waals surface area (Å²) in [5, 5.41) is 17.2. The molecule has 0 aliphatic carbocycles. The summed E-state index contributed by atoms with van der Waals surface area (Å²) < 4.78 is 5.43. The first-order valence-corrected chi connectivity index (χ1v) is 22.2. The summed E-state index contributed by atoms with van der Waals surface area (Å²) in [6.45, 7) is 36.3. The number of pyridine rings is 2. The predicted octanol–water partition coefficient (Wildman–Crippen LogP) is 11.1. The van der Waals surface area contributed by atoms with Crippen LogP contribution in [0.3, 0.4) is 0 Å². The third-order valence-electron chi connectivity index (χ3n) is 9.80. The van der Waals surface area contributed by atoms with Gasteiger partial charge in [0.25, 0.3) is 0 Å². The summed E-state index contributed by atoms with van der Waals surface area (Å²) in [4.78, 5) is 16.1. The first kappa shape index (κ1) is 53.1. The van der Waals surface area contributed by atoms with E-state index < -0.39 is 0 Å². The number of rotatable bonds is 10. The second-order valence-corrected chi connectivity index (χ2v) is 15.3. The molecule has 2 aromatic rings. The number of nitrogens with zero attached hydrogens (tertiary/aromatic N) is 5. The zero-order valence-corrected chi connectivity index (χ0v) is 38.4. The predicted molar refractivity (Wildman–Crippen MR) is 244 cm³/mol. The Bertz CT molecular complexity index is 1270. The lowest BCUT2D eigenvalue weighted by molar-refractivity contribution is 0.0296. The molecule has 0 bridgehead atoms. The maximum absolute atomic E-state index is 9.66. The fourth-order valence-electron chi connectivity index (χ4n) is 6.15. The molecule has 2 aromatic heterocycles. The minimum Gasteiger partial charge on any atom is -0.392 e. The smallest absolute Gasteiger partial charge is 0.0667 e. The van der Waals surface area contributed by atoms with Crippen molar-refractivity contribution in [2.45, 2.75) is 141 Å². The number of ether oxygens (including phenoxy) is 1. The molecule has 56 heavy (non-hydrogen) atoms. The highest BCUT2D eigenvalue weighted by Crippen LogP contribution is 2.25. The number of anilines is 1. The number of likely N-dealkylation sites (tertiary alicyclic amines) is 1. The van der Waals surface area contributed by atoms with Crippen molar-refractivity contribution in [3.05, 3.63) is 77.9 Å². The lowest BCUT2D eigenvalue weighted by Gasteiger charge is -2.37. The van der Waals surface area contributed by atoms with E-state index in [1.807, 2.05) is 92.1 Å². The molecule has 320 valence electrons. The summed E-state index contributed by atoms with van der Waals surface area (Å²) >= 11 is 0. The third-order valence-corrected chi connectivity index (χ3v) is 9.80. The molecule has 0 saturated carbocycles. The molecule has 5 heterocycles. The number of unbranched alkanes of at least 4 members (excludes halogenated alkanes) is 1. The van der Waals surface area contributed by atoms with Crippen molar-refractivity contribution in [2.75, 3.05) is 63.9 Å². The maximum atomic E-state index is 9.66. The summed E-state index contributed by atoms with van der Waals surface area (Å²) in [6, 6.07) is 8.85. The lowest BCUT2D eigenvalue weighted by atomic mass is 9.97. The Labute approximate surface area is 345 Å². The Balaban J connectivity index is 0.000000759. The van der Waals surface area contributed by atoms with Gasteiger partial charge in [0.2, 0.25) is 0 Å². The minimum atomic E-state index is -0.158. The number of aliphatic hydroxyl groups is 1. The zero-order valence-electron chi connectivity index (χ0n) is 38.4. The first-order valence-electron chi connectivity index (χ1n) is 22.2. The zero-order chi connectivity index (χ0) is 42.3. The van der Waals surface area contributed by atoms with Crippen molar-refractivity contribution < 1.29 is 9.84 Å². The number of aromatic nitrogens is 2. The number of nitrogens with one attached hydrogen (secondary N) is 1. The largest absolute Gasteiger partial charge is 0.392 e. The Kier molecular flexibility index (Phi) is 31.4. The van der Waals surface area contributed by atoms with Crippen LogP contribution in [0.1, 0.15) is 138 Å². The molecule has 0 radical (unpaired) electrons. The van der Waals surface area contributed by atoms with E-state index in [-0.39, 0.29) is 6.10 Å². The molecule has 8 heteroatoms. The van der Waals surface area contributed by atoms with Gasteiger partial charge in [0.1, 0.15) is 0 Å². The Morgan fingerprint density at radius 3 is 1.95 bits per heavy atom. The van der Waals surface area contributed by atoms with Gasteiger partial charge in [-0.3, -0.25) is 19.8 Å². The molecule has 8 nitrogen and oxygen atoms in total. The molecule has 3 fully saturated rings. The molecule has 3 saturated heterocycles. The summed E-state index contributed by atoms with van der Waals surface area (Å²) in [5.74, 6) is 1.69. The standard InChI is InChI=1S/C16H25N3O.C13H20N2O.C11H19N.C4H10.2C2H6/c1-14-4-5-16(11-17-14)19-6-2-3-15(13-19)12-18-7-9-20-10-8-18;1-10-5-6-12(8-14-10)11(2)15-7-3-4-13(16)9-15;1-9(2)7-5-6-8-11(12)10(3)4;1-3-4-2;2*1-2/h4-5,11,15H,2-3,6-10,12-13H2,1H3;5-6,8,11,13,16H,3-4,7,9H2,1-2H3;5-10,12H,1-4H3;3-4H2,1-2H3;2*1-2H3/b;;7-5+,8-6-,12-11?;;;. The van der Waals surface area contributed by atoms with E-state index in [1.54, 1.807) is 0 Å². The van der Waals surface area contributed by atoms with Crippen LogP contribution in [0.25, 0.3) is 0 Å². The Morgan fingerprint density at radius 2 is 1.43 bits per heavy atom. The Hall–Kier alpha value is -2.91. The van der Waals surface area contributed by atoms with Crippen LogP contribution in [0.15, 0.2) is 61.0 Å². The van der Waals surface area contributed by atoms with E-state index in [4.69, 9.17) is 10.1 Å². The van der Waals surface area contributed by atoms with E-state index in [9.17, 15) is 5.11 Å². The first-order chi connectivity index (χ1) is 26.9. The maximum Gasteiger partial charge on any atom is 0.0667 e. The van der Waals surface area contributed by atoms with E-state index >= 15 is 0 Å². The number of hydrogen-bond acceptors (Lipinski definition) is 8. The minimum absolute atomic E-state index is 0.158. The van der Waals surface area contributed by atoms with E-state index in [2.05, 4.69) is 83.6 Å². The van der Waals surface area contributed by atoms with Gasteiger partial charge in [-0.25, -0.2) is 0 Å². The molecule has 3 unspecified atom stereocenters. The number of piperidine rings is 2. The summed E-state index contributed by atoms with van der Waals surface area (Å²) in [5.41, 5.74) is 5.34. The van der Waals surface area contributed by atoms with Gasteiger partial charge >= 0.3 is 0 Å². The number of aryl methyl sites for hydroxylation is 2. The molecular formula is C48H86N6O2. The van der Waals surface area contributed by atoms with Gasteiger partial charge in [-0.1, -0.05) is 106 Å². The average Bonchev–Trinajstić information content (AvgIpc) is 3.22. The molecule has 3 atom stereocenters. The number of hydrogen-bond donors (Lipinski definition) is 2. The summed E-state index contributed by atoms with van der Waals surface area (Å²) in [6.07, 6.45) is 19.0. The fraction of sp³-hybridized carbons (Fsp3) is 0.688. The lowest BCUT2D eigenvalue weighted by Crippen LogP contribution is -2.44. The number of morpholine rings is 1. The van der Waals surface area contributed by atoms with Crippen molar-refractivity contribution in [2.24, 2.45) is 17.8 Å². The molecule has 0 amide bonds. The van der Waals surface area contributed by atoms with Crippen LogP contribution < -0.4 is 4.90 Å². The number of aliphatic hydroxyl groups excluding tert-OH is 1. The quantitative estimate of drug-likeness (QED) is 0.183. The summed E-state index contributed by atoms with van der Waals surface area (Å²) in [7, 11) is 0. The van der Waals surface area contributed by atoms with Crippen LogP contribution in [-0.2, 0) is 4.74 Å². The molecule has 2 N–H and O–H groups in total. The van der Waals surface area contributed by atoms with Crippen molar-refractivity contribution >= 4 is 11.4 Å². The van der Waals surface area contributed by atoms with Crippen LogP contribution in [0.5, 0.6) is 0 Å². The number of β-amino-alcohol motifs (C(OH)–C–C–N with tert-alkyl or cyclic N) is 1. The van der Waals surface area contributed by atoms with Crippen molar-refractivity contribution in [3.63, 3.8) is 0 Å². The van der Waals surface area contributed by atoms with E-state index in [0.29, 0.717) is 23.6 Å². The van der Waals surface area contributed by atoms with Gasteiger partial charge in [-0.05, 0) is 101 Å². The molecular weight excluding hydrogens is 693 g/mol. The highest BCUT2D eigenvalue weighted by Gasteiger charge is 2.24. The molecule has 5 rings (SSSR count).